The minimum absolute atomic E-state index is 0.659. The lowest BCUT2D eigenvalue weighted by Gasteiger charge is -2.14. The number of furan rings is 1. The number of hydrogen-bond donors (Lipinski definition) is 0. The Labute approximate surface area is 192 Å². The zero-order chi connectivity index (χ0) is 22.2. The summed E-state index contributed by atoms with van der Waals surface area (Å²) in [6.07, 6.45) is 5.78. The maximum Gasteiger partial charge on any atom is 0.164 e. The van der Waals surface area contributed by atoms with Gasteiger partial charge in [0.2, 0.25) is 0 Å². The minimum Gasteiger partial charge on any atom is -0.460 e. The molecule has 0 N–H and O–H groups in total. The van der Waals surface area contributed by atoms with E-state index in [1.54, 1.807) is 0 Å². The minimum atomic E-state index is 0.659. The second-order valence-electron chi connectivity index (χ2n) is 8.02. The Morgan fingerprint density at radius 1 is 0.727 bits per heavy atom. The van der Waals surface area contributed by atoms with Crippen LogP contribution in [0.5, 0.6) is 0 Å². The second-order valence-corrected chi connectivity index (χ2v) is 8.02. The normalized spacial score (nSPS) is 12.9. The highest BCUT2D eigenvalue weighted by atomic mass is 16.3. The van der Waals surface area contributed by atoms with Gasteiger partial charge in [0.15, 0.2) is 17.5 Å². The lowest BCUT2D eigenvalue weighted by molar-refractivity contribution is 0.545. The van der Waals surface area contributed by atoms with E-state index in [0.29, 0.717) is 17.5 Å². The van der Waals surface area contributed by atoms with E-state index in [2.05, 4.69) is 18.7 Å². The standard InChI is InChI=1S/C29H21N3O/c1-2-19-15-9-16-22-25-23(17-10-18-24(25)33-26(19)22)29-31-27(20-11-5-3-6-12-20)30-28(32-29)21-13-7-4-8-14-21/h2-9,11-17H,1,10,18H2. The van der Waals surface area contributed by atoms with Gasteiger partial charge in [-0.05, 0) is 6.42 Å². The molecule has 0 atom stereocenters. The summed E-state index contributed by atoms with van der Waals surface area (Å²) < 4.78 is 6.31. The highest BCUT2D eigenvalue weighted by Crippen LogP contribution is 2.40. The maximum absolute atomic E-state index is 6.31. The topological polar surface area (TPSA) is 51.8 Å². The zero-order valence-electron chi connectivity index (χ0n) is 18.0. The van der Waals surface area contributed by atoms with Gasteiger partial charge in [0.25, 0.3) is 0 Å². The third-order valence-electron chi connectivity index (χ3n) is 5.97. The highest BCUT2D eigenvalue weighted by Gasteiger charge is 2.25. The van der Waals surface area contributed by atoms with Crippen molar-refractivity contribution >= 4 is 22.6 Å². The maximum atomic E-state index is 6.31. The summed E-state index contributed by atoms with van der Waals surface area (Å²) in [5.41, 5.74) is 5.84. The molecule has 0 amide bonds. The molecule has 0 fully saturated rings. The molecule has 2 aromatic heterocycles. The quantitative estimate of drug-likeness (QED) is 0.311. The van der Waals surface area contributed by atoms with Crippen molar-refractivity contribution in [3.8, 4) is 22.8 Å². The number of benzene rings is 3. The van der Waals surface area contributed by atoms with Crippen molar-refractivity contribution in [2.24, 2.45) is 0 Å². The van der Waals surface area contributed by atoms with Crippen LogP contribution in [0.25, 0.3) is 45.4 Å². The van der Waals surface area contributed by atoms with Gasteiger partial charge in [0.05, 0.1) is 0 Å². The summed E-state index contributed by atoms with van der Waals surface area (Å²) in [5.74, 6) is 2.95. The molecule has 0 saturated heterocycles. The molecule has 0 spiro atoms. The third-order valence-corrected chi connectivity index (χ3v) is 5.97. The molecule has 0 bridgehead atoms. The Balaban J connectivity index is 1.59. The van der Waals surface area contributed by atoms with Gasteiger partial charge in [-0.15, -0.1) is 0 Å². The van der Waals surface area contributed by atoms with Crippen LogP contribution in [0.4, 0.5) is 0 Å². The molecule has 0 aliphatic heterocycles. The lowest BCUT2D eigenvalue weighted by atomic mass is 9.93. The van der Waals surface area contributed by atoms with E-state index < -0.39 is 0 Å². The Bertz CT molecular complexity index is 1460. The summed E-state index contributed by atoms with van der Waals surface area (Å²) in [5, 5.41) is 1.07. The van der Waals surface area contributed by atoms with Crippen LogP contribution in [0.15, 0.2) is 95.9 Å². The number of aryl methyl sites for hydroxylation is 1. The molecule has 5 aromatic rings. The molecule has 33 heavy (non-hydrogen) atoms. The number of rotatable bonds is 4. The van der Waals surface area contributed by atoms with E-state index in [4.69, 9.17) is 19.4 Å². The van der Waals surface area contributed by atoms with Crippen molar-refractivity contribution in [1.82, 2.24) is 15.0 Å². The Hall–Kier alpha value is -4.31. The summed E-state index contributed by atoms with van der Waals surface area (Å²) in [7, 11) is 0. The van der Waals surface area contributed by atoms with Gasteiger partial charge in [-0.3, -0.25) is 0 Å². The van der Waals surface area contributed by atoms with Gasteiger partial charge in [-0.1, -0.05) is 97.6 Å². The first-order valence-corrected chi connectivity index (χ1v) is 11.1. The molecule has 6 rings (SSSR count). The van der Waals surface area contributed by atoms with Crippen molar-refractivity contribution in [1.29, 1.82) is 0 Å². The van der Waals surface area contributed by atoms with Crippen LogP contribution in [0, 0.1) is 0 Å². The monoisotopic (exact) mass is 427 g/mol. The predicted octanol–water partition coefficient (Wildman–Crippen LogP) is 6.97. The van der Waals surface area contributed by atoms with Crippen molar-refractivity contribution in [2.45, 2.75) is 12.8 Å². The molecule has 4 nitrogen and oxygen atoms in total. The molecule has 2 heterocycles. The molecule has 3 aromatic carbocycles. The van der Waals surface area contributed by atoms with Gasteiger partial charge in [-0.25, -0.2) is 15.0 Å². The first-order valence-electron chi connectivity index (χ1n) is 11.1. The van der Waals surface area contributed by atoms with Gasteiger partial charge in [0, 0.05) is 39.6 Å². The van der Waals surface area contributed by atoms with Gasteiger partial charge in [0.1, 0.15) is 11.3 Å². The smallest absolute Gasteiger partial charge is 0.164 e. The van der Waals surface area contributed by atoms with Crippen molar-refractivity contribution < 1.29 is 4.42 Å². The van der Waals surface area contributed by atoms with Crippen LogP contribution in [0.3, 0.4) is 0 Å². The molecule has 0 saturated carbocycles. The number of nitrogens with zero attached hydrogens (tertiary/aromatic N) is 3. The SMILES string of the molecule is C=Cc1cccc2c3c(oc12)CCC=C3c1nc(-c2ccccc2)nc(-c2ccccc2)n1. The fraction of sp³-hybridized carbons (Fsp3) is 0.0690. The van der Waals surface area contributed by atoms with Crippen molar-refractivity contribution in [3.05, 3.63) is 114 Å². The van der Waals surface area contributed by atoms with E-state index in [9.17, 15) is 0 Å². The third kappa shape index (κ3) is 3.37. The molecular formula is C29H21N3O. The van der Waals surface area contributed by atoms with Crippen LogP contribution >= 0.6 is 0 Å². The van der Waals surface area contributed by atoms with Crippen LogP contribution in [0.1, 0.15) is 29.1 Å². The van der Waals surface area contributed by atoms with Crippen LogP contribution < -0.4 is 0 Å². The van der Waals surface area contributed by atoms with E-state index >= 15 is 0 Å². The van der Waals surface area contributed by atoms with Gasteiger partial charge < -0.3 is 4.42 Å². The average Bonchev–Trinajstić information content (AvgIpc) is 3.28. The number of allylic oxidation sites excluding steroid dienone is 1. The van der Waals surface area contributed by atoms with Gasteiger partial charge in [-0.2, -0.15) is 0 Å². The molecule has 158 valence electrons. The van der Waals surface area contributed by atoms with E-state index in [1.165, 1.54) is 0 Å². The fourth-order valence-corrected chi connectivity index (χ4v) is 4.40. The van der Waals surface area contributed by atoms with Gasteiger partial charge >= 0.3 is 0 Å². The summed E-state index contributed by atoms with van der Waals surface area (Å²) in [6.45, 7) is 3.95. The molecular weight excluding hydrogens is 406 g/mol. The molecule has 1 aliphatic rings. The summed E-state index contributed by atoms with van der Waals surface area (Å²) in [4.78, 5) is 14.7. The number of para-hydroxylation sites is 1. The first-order chi connectivity index (χ1) is 16.3. The molecule has 4 heteroatoms. The van der Waals surface area contributed by atoms with E-state index in [-0.39, 0.29) is 0 Å². The fourth-order valence-electron chi connectivity index (χ4n) is 4.40. The Kier molecular flexibility index (Phi) is 4.69. The molecule has 1 aliphatic carbocycles. The van der Waals surface area contributed by atoms with Crippen molar-refractivity contribution in [3.63, 3.8) is 0 Å². The molecule has 0 radical (unpaired) electrons. The van der Waals surface area contributed by atoms with Crippen LogP contribution in [0.2, 0.25) is 0 Å². The zero-order valence-corrected chi connectivity index (χ0v) is 18.0. The van der Waals surface area contributed by atoms with Crippen molar-refractivity contribution in [2.75, 3.05) is 0 Å². The van der Waals surface area contributed by atoms with E-state index in [0.717, 1.165) is 57.4 Å². The molecule has 0 unspecified atom stereocenters. The Morgan fingerprint density at radius 2 is 1.36 bits per heavy atom. The van der Waals surface area contributed by atoms with Crippen LogP contribution in [-0.2, 0) is 6.42 Å². The highest BCUT2D eigenvalue weighted by molar-refractivity contribution is 5.99. The lowest BCUT2D eigenvalue weighted by Crippen LogP contribution is -2.06. The average molecular weight is 428 g/mol. The second kappa shape index (κ2) is 7.99. The van der Waals surface area contributed by atoms with Crippen LogP contribution in [-0.4, -0.2) is 15.0 Å². The number of hydrogen-bond acceptors (Lipinski definition) is 4. The number of fused-ring (bicyclic) bond motifs is 3. The predicted molar refractivity (Wildman–Crippen MR) is 132 cm³/mol. The van der Waals surface area contributed by atoms with E-state index in [1.807, 2.05) is 78.9 Å². The first kappa shape index (κ1) is 19.4. The summed E-state index contributed by atoms with van der Waals surface area (Å²) >= 11 is 0. The summed E-state index contributed by atoms with van der Waals surface area (Å²) in [6, 6.07) is 26.3. The number of aromatic nitrogens is 3. The Morgan fingerprint density at radius 3 is 2.00 bits per heavy atom. The largest absolute Gasteiger partial charge is 0.460 e.